The SMILES string of the molecule is CC1CC(C)CN(C(=N[C@H]2CCCC[C@@H]2N)Nc2cc(C(F)(F)F)cc(C(F)(F)F)c2)C1. The normalized spacial score (nSPS) is 28.0. The average molecular weight is 464 g/mol. The standard InChI is InChI=1S/C22H30F6N4/c1-13-7-14(2)12-32(11-13)20(31-19-6-4-3-5-18(19)29)30-17-9-15(21(23,24)25)8-16(10-17)22(26,27)28/h8-10,13-14,18-19H,3-7,11-12,29H2,1-2H3,(H,30,31)/t13?,14?,18-,19-/m0/s1. The molecule has 0 amide bonds. The Morgan fingerprint density at radius 1 is 0.938 bits per heavy atom. The Morgan fingerprint density at radius 2 is 1.47 bits per heavy atom. The Hall–Kier alpha value is -1.97. The molecule has 10 heteroatoms. The second-order valence-corrected chi connectivity index (χ2v) is 9.24. The Labute approximate surface area is 184 Å². The lowest BCUT2D eigenvalue weighted by Gasteiger charge is -2.38. The van der Waals surface area contributed by atoms with E-state index in [0.29, 0.717) is 37.1 Å². The number of aliphatic imine (C=N–C) groups is 1. The zero-order chi connectivity index (χ0) is 23.7. The van der Waals surface area contributed by atoms with Crippen LogP contribution in [0.2, 0.25) is 0 Å². The lowest BCUT2D eigenvalue weighted by atomic mass is 9.91. The van der Waals surface area contributed by atoms with Crippen LogP contribution in [0.5, 0.6) is 0 Å². The van der Waals surface area contributed by atoms with Crippen molar-refractivity contribution < 1.29 is 26.3 Å². The highest BCUT2D eigenvalue weighted by Gasteiger charge is 2.37. The van der Waals surface area contributed by atoms with Crippen molar-refractivity contribution >= 4 is 11.6 Å². The van der Waals surface area contributed by atoms with E-state index in [4.69, 9.17) is 10.7 Å². The maximum Gasteiger partial charge on any atom is 0.416 e. The van der Waals surface area contributed by atoms with Gasteiger partial charge in [0.15, 0.2) is 5.96 Å². The van der Waals surface area contributed by atoms with Crippen molar-refractivity contribution in [2.24, 2.45) is 22.6 Å². The van der Waals surface area contributed by atoms with E-state index in [1.54, 1.807) is 0 Å². The van der Waals surface area contributed by atoms with Gasteiger partial charge in [-0.05, 0) is 49.3 Å². The van der Waals surface area contributed by atoms with Gasteiger partial charge in [0.1, 0.15) is 0 Å². The molecule has 1 aliphatic carbocycles. The fourth-order valence-corrected chi connectivity index (χ4v) is 4.64. The highest BCUT2D eigenvalue weighted by atomic mass is 19.4. The molecule has 1 heterocycles. The van der Waals surface area contributed by atoms with Crippen molar-refractivity contribution in [1.82, 2.24) is 4.90 Å². The van der Waals surface area contributed by atoms with E-state index in [2.05, 4.69) is 19.2 Å². The first-order valence-corrected chi connectivity index (χ1v) is 11.0. The number of nitrogens with one attached hydrogen (secondary N) is 1. The first-order valence-electron chi connectivity index (χ1n) is 11.0. The number of likely N-dealkylation sites (tertiary alicyclic amines) is 1. The summed E-state index contributed by atoms with van der Waals surface area (Å²) in [7, 11) is 0. The summed E-state index contributed by atoms with van der Waals surface area (Å²) in [6, 6.07) is 1.11. The number of guanidine groups is 1. The summed E-state index contributed by atoms with van der Waals surface area (Å²) < 4.78 is 79.8. The molecule has 1 aromatic carbocycles. The number of benzene rings is 1. The number of hydrogen-bond acceptors (Lipinski definition) is 2. The molecule has 0 spiro atoms. The van der Waals surface area contributed by atoms with Crippen molar-refractivity contribution in [3.8, 4) is 0 Å². The zero-order valence-electron chi connectivity index (χ0n) is 18.2. The molecule has 1 aromatic rings. The lowest BCUT2D eigenvalue weighted by molar-refractivity contribution is -0.143. The molecule has 3 N–H and O–H groups in total. The number of anilines is 1. The van der Waals surface area contributed by atoms with Gasteiger partial charge in [-0.3, -0.25) is 0 Å². The predicted octanol–water partition coefficient (Wildman–Crippen LogP) is 5.74. The van der Waals surface area contributed by atoms with Crippen LogP contribution in [0.4, 0.5) is 32.0 Å². The van der Waals surface area contributed by atoms with Crippen LogP contribution in [-0.4, -0.2) is 36.0 Å². The number of hydrogen-bond donors (Lipinski definition) is 2. The Morgan fingerprint density at radius 3 is 1.97 bits per heavy atom. The van der Waals surface area contributed by atoms with Gasteiger partial charge in [-0.25, -0.2) is 4.99 Å². The number of halogens is 6. The van der Waals surface area contributed by atoms with Crippen LogP contribution in [0.1, 0.15) is 57.1 Å². The van der Waals surface area contributed by atoms with Crippen molar-refractivity contribution in [3.05, 3.63) is 29.3 Å². The first kappa shape index (κ1) is 24.7. The summed E-state index contributed by atoms with van der Waals surface area (Å²) in [5, 5.41) is 2.80. The van der Waals surface area contributed by atoms with Crippen LogP contribution in [0.25, 0.3) is 0 Å². The molecular weight excluding hydrogens is 434 g/mol. The molecule has 2 unspecified atom stereocenters. The van der Waals surface area contributed by atoms with Gasteiger partial charge < -0.3 is 16.0 Å². The number of nitrogens with two attached hydrogens (primary N) is 1. The third-order valence-electron chi connectivity index (χ3n) is 6.08. The van der Waals surface area contributed by atoms with E-state index in [1.807, 2.05) is 4.90 Å². The minimum atomic E-state index is -4.91. The van der Waals surface area contributed by atoms with Gasteiger partial charge in [0, 0.05) is 24.8 Å². The van der Waals surface area contributed by atoms with E-state index in [9.17, 15) is 26.3 Å². The van der Waals surface area contributed by atoms with Crippen LogP contribution in [0.3, 0.4) is 0 Å². The minimum absolute atomic E-state index is 0.129. The maximum absolute atomic E-state index is 13.3. The van der Waals surface area contributed by atoms with E-state index in [-0.39, 0.29) is 29.8 Å². The summed E-state index contributed by atoms with van der Waals surface area (Å²) in [6.07, 6.45) is -5.38. The van der Waals surface area contributed by atoms with Crippen molar-refractivity contribution in [3.63, 3.8) is 0 Å². The maximum atomic E-state index is 13.3. The lowest BCUT2D eigenvalue weighted by Crippen LogP contribution is -2.47. The summed E-state index contributed by atoms with van der Waals surface area (Å²) in [4.78, 5) is 6.66. The van der Waals surface area contributed by atoms with E-state index >= 15 is 0 Å². The molecule has 2 aliphatic rings. The smallest absolute Gasteiger partial charge is 0.342 e. The summed E-state index contributed by atoms with van der Waals surface area (Å²) in [5.74, 6) is 0.925. The van der Waals surface area contributed by atoms with E-state index in [0.717, 1.165) is 32.1 Å². The molecule has 2 fully saturated rings. The first-order chi connectivity index (χ1) is 14.8. The second kappa shape index (κ2) is 9.49. The minimum Gasteiger partial charge on any atom is -0.342 e. The Bertz CT molecular complexity index is 777. The van der Waals surface area contributed by atoms with Gasteiger partial charge in [0.05, 0.1) is 17.2 Å². The Kier molecular flexibility index (Phi) is 7.31. The van der Waals surface area contributed by atoms with Gasteiger partial charge in [0.25, 0.3) is 0 Å². The van der Waals surface area contributed by atoms with Crippen LogP contribution < -0.4 is 11.1 Å². The van der Waals surface area contributed by atoms with Crippen molar-refractivity contribution in [1.29, 1.82) is 0 Å². The third kappa shape index (κ3) is 6.30. The fourth-order valence-electron chi connectivity index (χ4n) is 4.64. The molecule has 180 valence electrons. The van der Waals surface area contributed by atoms with Gasteiger partial charge in [-0.1, -0.05) is 26.7 Å². The monoisotopic (exact) mass is 464 g/mol. The molecular formula is C22H30F6N4. The van der Waals surface area contributed by atoms with Gasteiger partial charge in [-0.15, -0.1) is 0 Å². The van der Waals surface area contributed by atoms with Crippen molar-refractivity contribution in [2.75, 3.05) is 18.4 Å². The molecule has 1 saturated carbocycles. The highest BCUT2D eigenvalue weighted by molar-refractivity contribution is 5.94. The quantitative estimate of drug-likeness (QED) is 0.333. The third-order valence-corrected chi connectivity index (χ3v) is 6.08. The largest absolute Gasteiger partial charge is 0.416 e. The fraction of sp³-hybridized carbons (Fsp3) is 0.682. The van der Waals surface area contributed by atoms with Gasteiger partial charge in [-0.2, -0.15) is 26.3 Å². The zero-order valence-corrected chi connectivity index (χ0v) is 18.2. The summed E-state index contributed by atoms with van der Waals surface area (Å²) in [5.41, 5.74) is 3.21. The topological polar surface area (TPSA) is 53.6 Å². The van der Waals surface area contributed by atoms with Crippen LogP contribution in [0, 0.1) is 11.8 Å². The van der Waals surface area contributed by atoms with Crippen molar-refractivity contribution in [2.45, 2.75) is 70.4 Å². The molecule has 4 atom stereocenters. The molecule has 1 aliphatic heterocycles. The molecule has 4 nitrogen and oxygen atoms in total. The second-order valence-electron chi connectivity index (χ2n) is 9.24. The number of rotatable bonds is 2. The number of nitrogens with zero attached hydrogens (tertiary/aromatic N) is 2. The van der Waals surface area contributed by atoms with Gasteiger partial charge >= 0.3 is 12.4 Å². The van der Waals surface area contributed by atoms with Crippen LogP contribution in [0.15, 0.2) is 23.2 Å². The molecule has 0 radical (unpaired) electrons. The van der Waals surface area contributed by atoms with E-state index in [1.165, 1.54) is 0 Å². The number of piperidine rings is 1. The van der Waals surface area contributed by atoms with Crippen LogP contribution >= 0.6 is 0 Å². The molecule has 3 rings (SSSR count). The molecule has 1 saturated heterocycles. The summed E-state index contributed by atoms with van der Waals surface area (Å²) in [6.45, 7) is 5.36. The summed E-state index contributed by atoms with van der Waals surface area (Å²) >= 11 is 0. The van der Waals surface area contributed by atoms with Crippen LogP contribution in [-0.2, 0) is 12.4 Å². The Balaban J connectivity index is 2.00. The van der Waals surface area contributed by atoms with Gasteiger partial charge in [0.2, 0.25) is 0 Å². The molecule has 0 aromatic heterocycles. The highest BCUT2D eigenvalue weighted by Crippen LogP contribution is 2.38. The average Bonchev–Trinajstić information content (AvgIpc) is 2.67. The molecule has 0 bridgehead atoms. The molecule has 32 heavy (non-hydrogen) atoms. The number of alkyl halides is 6. The van der Waals surface area contributed by atoms with E-state index < -0.39 is 23.5 Å². The predicted molar refractivity (Wildman–Crippen MR) is 112 cm³/mol.